The molecule has 2 aromatic heterocycles. The molecule has 3 aromatic rings. The quantitative estimate of drug-likeness (QED) is 0.503. The van der Waals surface area contributed by atoms with Crippen molar-refractivity contribution in [3.05, 3.63) is 55.0 Å². The molecule has 1 aromatic carbocycles. The molecule has 2 heterocycles. The summed E-state index contributed by atoms with van der Waals surface area (Å²) >= 11 is 0. The van der Waals surface area contributed by atoms with Crippen molar-refractivity contribution in [2.45, 2.75) is 6.54 Å². The van der Waals surface area contributed by atoms with Gasteiger partial charge in [0.15, 0.2) is 5.65 Å². The number of carbonyl (C=O) groups is 1. The lowest BCUT2D eigenvalue weighted by Gasteiger charge is -2.03. The predicted molar refractivity (Wildman–Crippen MR) is 102 cm³/mol. The van der Waals surface area contributed by atoms with Crippen molar-refractivity contribution in [3.63, 3.8) is 0 Å². The first-order valence-electron chi connectivity index (χ1n) is 8.23. The standard InChI is InChI=1S/C19H18N6O2/c1-2-16(26)21-10-11-25-19-17(18(20)22-13-23-19)15(24-25)9-6-12-27-14-7-4-3-5-8-14/h2-5,7-8,13H,1,10-12H2,(H,21,26)(H2,20,22,23). The molecule has 0 radical (unpaired) electrons. The second-order valence-electron chi connectivity index (χ2n) is 5.43. The summed E-state index contributed by atoms with van der Waals surface area (Å²) in [6, 6.07) is 9.41. The first-order valence-corrected chi connectivity index (χ1v) is 8.23. The van der Waals surface area contributed by atoms with E-state index in [9.17, 15) is 4.79 Å². The minimum atomic E-state index is -0.251. The van der Waals surface area contributed by atoms with Gasteiger partial charge in [-0.25, -0.2) is 14.6 Å². The lowest BCUT2D eigenvalue weighted by molar-refractivity contribution is -0.116. The summed E-state index contributed by atoms with van der Waals surface area (Å²) in [4.78, 5) is 19.5. The maximum atomic E-state index is 11.3. The first kappa shape index (κ1) is 17.9. The molecule has 3 N–H and O–H groups in total. The maximum Gasteiger partial charge on any atom is 0.243 e. The lowest BCUT2D eigenvalue weighted by atomic mass is 10.3. The van der Waals surface area contributed by atoms with Crippen LogP contribution in [0.2, 0.25) is 0 Å². The first-order chi connectivity index (χ1) is 13.2. The van der Waals surface area contributed by atoms with Gasteiger partial charge in [0.05, 0.1) is 11.9 Å². The molecule has 0 aliphatic rings. The third kappa shape index (κ3) is 4.41. The SMILES string of the molecule is C=CC(=O)NCCn1nc(C#CCOc2ccccc2)c2c(N)ncnc21. The Morgan fingerprint density at radius 2 is 2.15 bits per heavy atom. The fraction of sp³-hybridized carbons (Fsp3) is 0.158. The summed E-state index contributed by atoms with van der Waals surface area (Å²) in [7, 11) is 0. The average Bonchev–Trinajstić information content (AvgIpc) is 3.05. The monoisotopic (exact) mass is 362 g/mol. The highest BCUT2D eigenvalue weighted by Gasteiger charge is 2.13. The number of para-hydroxylation sites is 1. The number of nitrogens with zero attached hydrogens (tertiary/aromatic N) is 4. The Hall–Kier alpha value is -3.86. The van der Waals surface area contributed by atoms with Crippen molar-refractivity contribution in [1.82, 2.24) is 25.1 Å². The molecule has 1 amide bonds. The molecule has 0 atom stereocenters. The smallest absolute Gasteiger partial charge is 0.243 e. The molecule has 8 nitrogen and oxygen atoms in total. The topological polar surface area (TPSA) is 108 Å². The zero-order valence-corrected chi connectivity index (χ0v) is 14.6. The van der Waals surface area contributed by atoms with Crippen molar-refractivity contribution in [1.29, 1.82) is 0 Å². The van der Waals surface area contributed by atoms with E-state index in [4.69, 9.17) is 10.5 Å². The molecule has 0 aliphatic heterocycles. The van der Waals surface area contributed by atoms with Crippen LogP contribution in [-0.2, 0) is 11.3 Å². The molecular formula is C19H18N6O2. The summed E-state index contributed by atoms with van der Waals surface area (Å²) in [5, 5.41) is 7.72. The molecule has 136 valence electrons. The van der Waals surface area contributed by atoms with E-state index in [0.29, 0.717) is 35.6 Å². The second-order valence-corrected chi connectivity index (χ2v) is 5.43. The lowest BCUT2D eigenvalue weighted by Crippen LogP contribution is -2.25. The van der Waals surface area contributed by atoms with Gasteiger partial charge in [0, 0.05) is 6.54 Å². The maximum absolute atomic E-state index is 11.3. The largest absolute Gasteiger partial charge is 0.481 e. The molecule has 0 saturated heterocycles. The zero-order chi connectivity index (χ0) is 19.1. The summed E-state index contributed by atoms with van der Waals surface area (Å²) < 4.78 is 7.19. The molecule has 0 aliphatic carbocycles. The fourth-order valence-electron chi connectivity index (χ4n) is 2.39. The third-order valence-corrected chi connectivity index (χ3v) is 3.63. The van der Waals surface area contributed by atoms with Gasteiger partial charge in [-0.1, -0.05) is 30.7 Å². The Labute approximate surface area is 156 Å². The minimum Gasteiger partial charge on any atom is -0.481 e. The highest BCUT2D eigenvalue weighted by atomic mass is 16.5. The Balaban J connectivity index is 1.77. The number of hydrogen-bond acceptors (Lipinski definition) is 6. The van der Waals surface area contributed by atoms with Crippen LogP contribution in [0.1, 0.15) is 5.69 Å². The summed E-state index contributed by atoms with van der Waals surface area (Å²) in [5.74, 6) is 6.67. The van der Waals surface area contributed by atoms with E-state index in [0.717, 1.165) is 5.75 Å². The van der Waals surface area contributed by atoms with Gasteiger partial charge in [-0.15, -0.1) is 0 Å². The number of rotatable bonds is 6. The number of aromatic nitrogens is 4. The van der Waals surface area contributed by atoms with E-state index in [2.05, 4.69) is 38.8 Å². The number of nitrogen functional groups attached to an aromatic ring is 1. The van der Waals surface area contributed by atoms with Gasteiger partial charge in [-0.05, 0) is 24.1 Å². The van der Waals surface area contributed by atoms with Gasteiger partial charge >= 0.3 is 0 Å². The minimum absolute atomic E-state index is 0.210. The number of hydrogen-bond donors (Lipinski definition) is 2. The van der Waals surface area contributed by atoms with Crippen LogP contribution < -0.4 is 15.8 Å². The van der Waals surface area contributed by atoms with Crippen molar-refractivity contribution in [2.75, 3.05) is 18.9 Å². The van der Waals surface area contributed by atoms with Crippen LogP contribution in [0.5, 0.6) is 5.75 Å². The molecule has 27 heavy (non-hydrogen) atoms. The van der Waals surface area contributed by atoms with Gasteiger partial charge in [-0.3, -0.25) is 4.79 Å². The number of ether oxygens (including phenoxy) is 1. The number of benzene rings is 1. The van der Waals surface area contributed by atoms with Crippen LogP contribution in [0, 0.1) is 11.8 Å². The number of anilines is 1. The van der Waals surface area contributed by atoms with E-state index < -0.39 is 0 Å². The third-order valence-electron chi connectivity index (χ3n) is 3.63. The average molecular weight is 362 g/mol. The van der Waals surface area contributed by atoms with E-state index in [1.807, 2.05) is 30.3 Å². The molecule has 3 rings (SSSR count). The molecule has 0 saturated carbocycles. The van der Waals surface area contributed by atoms with Crippen molar-refractivity contribution in [2.24, 2.45) is 0 Å². The number of carbonyl (C=O) groups excluding carboxylic acids is 1. The Morgan fingerprint density at radius 3 is 2.93 bits per heavy atom. The van der Waals surface area contributed by atoms with Gasteiger partial charge in [0.25, 0.3) is 0 Å². The number of amides is 1. The highest BCUT2D eigenvalue weighted by Crippen LogP contribution is 2.20. The van der Waals surface area contributed by atoms with Crippen LogP contribution in [0.4, 0.5) is 5.82 Å². The van der Waals surface area contributed by atoms with E-state index >= 15 is 0 Å². The van der Waals surface area contributed by atoms with Crippen LogP contribution in [0.3, 0.4) is 0 Å². The van der Waals surface area contributed by atoms with Crippen LogP contribution in [0.15, 0.2) is 49.3 Å². The molecule has 0 unspecified atom stereocenters. The fourth-order valence-corrected chi connectivity index (χ4v) is 2.39. The van der Waals surface area contributed by atoms with Gasteiger partial charge in [0.1, 0.15) is 30.2 Å². The van der Waals surface area contributed by atoms with E-state index in [-0.39, 0.29) is 12.5 Å². The molecule has 0 fully saturated rings. The van der Waals surface area contributed by atoms with Crippen LogP contribution >= 0.6 is 0 Å². The summed E-state index contributed by atoms with van der Waals surface area (Å²) in [6.45, 7) is 4.41. The van der Waals surface area contributed by atoms with Crippen LogP contribution in [0.25, 0.3) is 11.0 Å². The van der Waals surface area contributed by atoms with Gasteiger partial charge in [-0.2, -0.15) is 5.10 Å². The Morgan fingerprint density at radius 1 is 1.33 bits per heavy atom. The number of nitrogens with two attached hydrogens (primary N) is 1. The van der Waals surface area contributed by atoms with Crippen LogP contribution in [-0.4, -0.2) is 38.8 Å². The number of fused-ring (bicyclic) bond motifs is 1. The molecule has 0 bridgehead atoms. The van der Waals surface area contributed by atoms with E-state index in [1.165, 1.54) is 12.4 Å². The Kier molecular flexibility index (Phi) is 5.64. The van der Waals surface area contributed by atoms with E-state index in [1.54, 1.807) is 4.68 Å². The predicted octanol–water partition coefficient (Wildman–Crippen LogP) is 1.14. The van der Waals surface area contributed by atoms with Crippen molar-refractivity contribution < 1.29 is 9.53 Å². The summed E-state index contributed by atoms with van der Waals surface area (Å²) in [5.41, 5.74) is 7.00. The van der Waals surface area contributed by atoms with Gasteiger partial charge in [0.2, 0.25) is 5.91 Å². The van der Waals surface area contributed by atoms with Crippen molar-refractivity contribution >= 4 is 22.8 Å². The molecule has 8 heteroatoms. The highest BCUT2D eigenvalue weighted by molar-refractivity contribution is 5.90. The number of nitrogens with one attached hydrogen (secondary N) is 1. The zero-order valence-electron chi connectivity index (χ0n) is 14.6. The summed E-state index contributed by atoms with van der Waals surface area (Å²) in [6.07, 6.45) is 2.58. The van der Waals surface area contributed by atoms with Crippen molar-refractivity contribution in [3.8, 4) is 17.6 Å². The normalized spacial score (nSPS) is 10.1. The second kappa shape index (κ2) is 8.49. The molecular weight excluding hydrogens is 344 g/mol. The Bertz CT molecular complexity index is 1020. The molecule has 0 spiro atoms. The van der Waals surface area contributed by atoms with Gasteiger partial charge < -0.3 is 15.8 Å².